The second kappa shape index (κ2) is 7.75. The molecule has 3 heterocycles. The SMILES string of the molecule is CC1Cn2ncc(-c3ccc(F)cc3F)c2CN1C(=O)Cc1ccnc(C(F)(F)F)c1. The lowest BCUT2D eigenvalue weighted by atomic mass is 10.0. The van der Waals surface area contributed by atoms with Crippen molar-refractivity contribution in [3.8, 4) is 11.1 Å². The van der Waals surface area contributed by atoms with Crippen LogP contribution in [-0.4, -0.2) is 31.6 Å². The van der Waals surface area contributed by atoms with Gasteiger partial charge in [-0.1, -0.05) is 0 Å². The number of pyridine rings is 1. The molecular formula is C21H17F5N4O. The Balaban J connectivity index is 1.59. The van der Waals surface area contributed by atoms with Crippen LogP contribution in [0.3, 0.4) is 0 Å². The number of carbonyl (C=O) groups excluding carboxylic acids is 1. The maximum atomic E-state index is 14.3. The van der Waals surface area contributed by atoms with Crippen LogP contribution in [0.2, 0.25) is 0 Å². The molecule has 3 aromatic rings. The van der Waals surface area contributed by atoms with Gasteiger partial charge in [0.05, 0.1) is 31.4 Å². The monoisotopic (exact) mass is 436 g/mol. The molecule has 1 aromatic carbocycles. The molecule has 1 aliphatic rings. The van der Waals surface area contributed by atoms with Gasteiger partial charge in [0.2, 0.25) is 5.91 Å². The number of fused-ring (bicyclic) bond motifs is 1. The molecule has 10 heteroatoms. The highest BCUT2D eigenvalue weighted by molar-refractivity contribution is 5.79. The first kappa shape index (κ1) is 21.0. The lowest BCUT2D eigenvalue weighted by molar-refractivity contribution is -0.141. The van der Waals surface area contributed by atoms with Crippen molar-refractivity contribution in [1.29, 1.82) is 0 Å². The third-order valence-corrected chi connectivity index (χ3v) is 5.25. The summed E-state index contributed by atoms with van der Waals surface area (Å²) in [6.45, 7) is 2.24. The van der Waals surface area contributed by atoms with Crippen LogP contribution in [0.5, 0.6) is 0 Å². The summed E-state index contributed by atoms with van der Waals surface area (Å²) in [7, 11) is 0. The van der Waals surface area contributed by atoms with Crippen LogP contribution in [0.4, 0.5) is 22.0 Å². The first-order valence-corrected chi connectivity index (χ1v) is 9.45. The number of hydrogen-bond donors (Lipinski definition) is 0. The van der Waals surface area contributed by atoms with Crippen molar-refractivity contribution in [1.82, 2.24) is 19.7 Å². The van der Waals surface area contributed by atoms with Crippen LogP contribution in [0.1, 0.15) is 23.9 Å². The topological polar surface area (TPSA) is 51.0 Å². The minimum Gasteiger partial charge on any atom is -0.332 e. The molecule has 0 spiro atoms. The van der Waals surface area contributed by atoms with Gasteiger partial charge in [-0.05, 0) is 36.8 Å². The molecule has 0 aliphatic carbocycles. The van der Waals surface area contributed by atoms with Gasteiger partial charge in [0, 0.05) is 29.4 Å². The number of amides is 1. The Morgan fingerprint density at radius 2 is 1.94 bits per heavy atom. The van der Waals surface area contributed by atoms with E-state index < -0.39 is 23.5 Å². The molecule has 0 saturated carbocycles. The molecule has 31 heavy (non-hydrogen) atoms. The van der Waals surface area contributed by atoms with Crippen LogP contribution in [-0.2, 0) is 30.5 Å². The van der Waals surface area contributed by atoms with Crippen molar-refractivity contribution in [3.05, 3.63) is 71.3 Å². The average Bonchev–Trinajstić information content (AvgIpc) is 3.09. The molecule has 1 unspecified atom stereocenters. The number of carbonyl (C=O) groups is 1. The van der Waals surface area contributed by atoms with E-state index in [2.05, 4.69) is 10.1 Å². The Bertz CT molecular complexity index is 1140. The van der Waals surface area contributed by atoms with E-state index in [0.29, 0.717) is 17.8 Å². The second-order valence-corrected chi connectivity index (χ2v) is 7.41. The molecule has 0 N–H and O–H groups in total. The van der Waals surface area contributed by atoms with E-state index >= 15 is 0 Å². The zero-order valence-corrected chi connectivity index (χ0v) is 16.3. The average molecular weight is 436 g/mol. The van der Waals surface area contributed by atoms with Crippen molar-refractivity contribution >= 4 is 5.91 Å². The lowest BCUT2D eigenvalue weighted by Gasteiger charge is -2.34. The number of alkyl halides is 3. The predicted octanol–water partition coefficient (Wildman–Crippen LogP) is 4.22. The van der Waals surface area contributed by atoms with Gasteiger partial charge < -0.3 is 4.90 Å². The smallest absolute Gasteiger partial charge is 0.332 e. The summed E-state index contributed by atoms with van der Waals surface area (Å²) >= 11 is 0. The second-order valence-electron chi connectivity index (χ2n) is 7.41. The van der Waals surface area contributed by atoms with E-state index in [1.165, 1.54) is 23.2 Å². The highest BCUT2D eigenvalue weighted by Gasteiger charge is 2.33. The van der Waals surface area contributed by atoms with E-state index in [1.54, 1.807) is 11.6 Å². The third-order valence-electron chi connectivity index (χ3n) is 5.25. The summed E-state index contributed by atoms with van der Waals surface area (Å²) in [5.41, 5.74) is 0.307. The molecule has 0 bridgehead atoms. The van der Waals surface area contributed by atoms with Crippen LogP contribution >= 0.6 is 0 Å². The molecule has 0 radical (unpaired) electrons. The van der Waals surface area contributed by atoms with Crippen LogP contribution in [0.15, 0.2) is 42.7 Å². The Labute approximate surface area is 174 Å². The molecule has 162 valence electrons. The van der Waals surface area contributed by atoms with Crippen molar-refractivity contribution in [2.24, 2.45) is 0 Å². The summed E-state index contributed by atoms with van der Waals surface area (Å²) in [6.07, 6.45) is -2.34. The van der Waals surface area contributed by atoms with Crippen molar-refractivity contribution in [2.45, 2.75) is 38.7 Å². The first-order valence-electron chi connectivity index (χ1n) is 9.45. The fraction of sp³-hybridized carbons (Fsp3) is 0.286. The molecular weight excluding hydrogens is 419 g/mol. The third kappa shape index (κ3) is 4.14. The molecule has 2 aromatic heterocycles. The maximum Gasteiger partial charge on any atom is 0.433 e. The van der Waals surface area contributed by atoms with Gasteiger partial charge in [-0.25, -0.2) is 8.78 Å². The van der Waals surface area contributed by atoms with E-state index in [0.717, 1.165) is 24.4 Å². The number of nitrogens with zero attached hydrogens (tertiary/aromatic N) is 4. The Kier molecular flexibility index (Phi) is 5.24. The van der Waals surface area contributed by atoms with Gasteiger partial charge in [-0.15, -0.1) is 0 Å². The van der Waals surface area contributed by atoms with Crippen LogP contribution in [0.25, 0.3) is 11.1 Å². The van der Waals surface area contributed by atoms with Gasteiger partial charge in [0.1, 0.15) is 17.3 Å². The summed E-state index contributed by atoms with van der Waals surface area (Å²) in [6, 6.07) is 5.17. The normalized spacial score (nSPS) is 16.3. The number of hydrogen-bond acceptors (Lipinski definition) is 3. The quantitative estimate of drug-likeness (QED) is 0.578. The fourth-order valence-corrected chi connectivity index (χ4v) is 3.68. The van der Waals surface area contributed by atoms with Crippen molar-refractivity contribution in [3.63, 3.8) is 0 Å². The van der Waals surface area contributed by atoms with E-state index in [9.17, 15) is 26.7 Å². The Morgan fingerprint density at radius 1 is 1.16 bits per heavy atom. The largest absolute Gasteiger partial charge is 0.433 e. The molecule has 1 atom stereocenters. The summed E-state index contributed by atoms with van der Waals surface area (Å²) < 4.78 is 67.9. The summed E-state index contributed by atoms with van der Waals surface area (Å²) in [5, 5.41) is 4.25. The Morgan fingerprint density at radius 3 is 2.65 bits per heavy atom. The minimum atomic E-state index is -4.60. The highest BCUT2D eigenvalue weighted by atomic mass is 19.4. The summed E-state index contributed by atoms with van der Waals surface area (Å²) in [4.78, 5) is 17.7. The van der Waals surface area contributed by atoms with Gasteiger partial charge in [-0.3, -0.25) is 14.5 Å². The first-order chi connectivity index (χ1) is 14.6. The molecule has 1 amide bonds. The van der Waals surface area contributed by atoms with Gasteiger partial charge in [0.25, 0.3) is 0 Å². The fourth-order valence-electron chi connectivity index (χ4n) is 3.68. The molecule has 0 saturated heterocycles. The van der Waals surface area contributed by atoms with Crippen LogP contribution in [0, 0.1) is 11.6 Å². The Hall–Kier alpha value is -3.30. The molecule has 0 fully saturated rings. The lowest BCUT2D eigenvalue weighted by Crippen LogP contribution is -2.45. The van der Waals surface area contributed by atoms with Gasteiger partial charge in [0.15, 0.2) is 0 Å². The maximum absolute atomic E-state index is 14.3. The number of rotatable bonds is 3. The van der Waals surface area contributed by atoms with E-state index in [-0.39, 0.29) is 36.0 Å². The number of halogens is 5. The van der Waals surface area contributed by atoms with E-state index in [1.807, 2.05) is 0 Å². The van der Waals surface area contributed by atoms with Crippen molar-refractivity contribution in [2.75, 3.05) is 0 Å². The zero-order valence-electron chi connectivity index (χ0n) is 16.3. The predicted molar refractivity (Wildman–Crippen MR) is 101 cm³/mol. The zero-order chi connectivity index (χ0) is 22.3. The number of benzene rings is 1. The van der Waals surface area contributed by atoms with Crippen LogP contribution < -0.4 is 0 Å². The van der Waals surface area contributed by atoms with Crippen molar-refractivity contribution < 1.29 is 26.7 Å². The molecule has 1 aliphatic heterocycles. The molecule has 4 rings (SSSR count). The number of aromatic nitrogens is 3. The standard InChI is InChI=1S/C21H17F5N4O/c1-12-10-30-18(16(9-28-30)15-3-2-14(22)8-17(15)23)11-29(12)20(31)7-13-4-5-27-19(6-13)21(24,25)26/h2-6,8-9,12H,7,10-11H2,1H3. The molecule has 5 nitrogen and oxygen atoms in total. The summed E-state index contributed by atoms with van der Waals surface area (Å²) in [5.74, 6) is -1.82. The van der Waals surface area contributed by atoms with Gasteiger partial charge >= 0.3 is 6.18 Å². The van der Waals surface area contributed by atoms with Gasteiger partial charge in [-0.2, -0.15) is 18.3 Å². The highest BCUT2D eigenvalue weighted by Crippen LogP contribution is 2.31. The van der Waals surface area contributed by atoms with E-state index in [4.69, 9.17) is 0 Å². The minimum absolute atomic E-state index is 0.101.